The third-order valence-electron chi connectivity index (χ3n) is 5.50. The first-order valence-electron chi connectivity index (χ1n) is 10.7. The molecule has 0 aliphatic carbocycles. The summed E-state index contributed by atoms with van der Waals surface area (Å²) in [6, 6.07) is 26.7. The first-order chi connectivity index (χ1) is 16.2. The number of benzene rings is 3. The van der Waals surface area contributed by atoms with E-state index in [0.717, 1.165) is 22.5 Å². The molecule has 0 radical (unpaired) electrons. The number of amides is 2. The number of nitrogens with one attached hydrogen (secondary N) is 1. The number of nitrogens with zero attached hydrogens (tertiary/aromatic N) is 3. The summed E-state index contributed by atoms with van der Waals surface area (Å²) in [5.74, 6) is -0.197. The number of carbonyl (C=O) groups is 2. The molecule has 3 aromatic carbocycles. The van der Waals surface area contributed by atoms with Gasteiger partial charge in [0.05, 0.1) is 17.9 Å². The Bertz CT molecular complexity index is 1270. The predicted octanol–water partition coefficient (Wildman–Crippen LogP) is 4.43. The molecule has 0 atom stereocenters. The monoisotopic (exact) mass is 438 g/mol. The molecule has 1 N–H and O–H groups in total. The van der Waals surface area contributed by atoms with E-state index in [4.69, 9.17) is 9.84 Å². The Morgan fingerprint density at radius 2 is 1.61 bits per heavy atom. The first-order valence-corrected chi connectivity index (χ1v) is 10.7. The summed E-state index contributed by atoms with van der Waals surface area (Å²) in [5.41, 5.74) is 4.90. The van der Waals surface area contributed by atoms with E-state index < -0.39 is 0 Å². The fourth-order valence-corrected chi connectivity index (χ4v) is 3.79. The Hall–Kier alpha value is -4.39. The van der Waals surface area contributed by atoms with Gasteiger partial charge < -0.3 is 10.1 Å². The third-order valence-corrected chi connectivity index (χ3v) is 5.50. The fraction of sp³-hybridized carbons (Fsp3) is 0.115. The molecule has 1 saturated heterocycles. The Balaban J connectivity index is 1.35. The van der Waals surface area contributed by atoms with Gasteiger partial charge in [-0.05, 0) is 36.4 Å². The van der Waals surface area contributed by atoms with Crippen LogP contribution in [0.4, 0.5) is 10.5 Å². The van der Waals surface area contributed by atoms with E-state index >= 15 is 0 Å². The van der Waals surface area contributed by atoms with Gasteiger partial charge in [-0.25, -0.2) is 9.48 Å². The van der Waals surface area contributed by atoms with Gasteiger partial charge in [-0.3, -0.25) is 9.69 Å². The van der Waals surface area contributed by atoms with Crippen molar-refractivity contribution in [3.8, 4) is 16.9 Å². The number of rotatable bonds is 6. The van der Waals surface area contributed by atoms with Crippen molar-refractivity contribution < 1.29 is 14.3 Å². The Morgan fingerprint density at radius 1 is 0.909 bits per heavy atom. The topological polar surface area (TPSA) is 76.5 Å². The summed E-state index contributed by atoms with van der Waals surface area (Å²) >= 11 is 0. The molecule has 33 heavy (non-hydrogen) atoms. The lowest BCUT2D eigenvalue weighted by Crippen LogP contribution is -2.24. The molecule has 1 aliphatic heterocycles. The second kappa shape index (κ2) is 9.00. The smallest absolute Gasteiger partial charge is 0.414 e. The van der Waals surface area contributed by atoms with E-state index in [9.17, 15) is 9.59 Å². The van der Waals surface area contributed by atoms with Crippen LogP contribution >= 0.6 is 0 Å². The van der Waals surface area contributed by atoms with Crippen molar-refractivity contribution >= 4 is 17.7 Å². The standard InChI is InChI=1S/C26H22N4O3/c31-25(20-11-13-22(14-12-20)29-15-16-33-26(29)32)27-17-21-18-30(23-9-5-2-6-10-23)28-24(21)19-7-3-1-4-8-19/h1-14,18H,15-17H2,(H,27,31). The lowest BCUT2D eigenvalue weighted by Gasteiger charge is -2.13. The van der Waals surface area contributed by atoms with Gasteiger partial charge in [0.1, 0.15) is 6.61 Å². The molecule has 0 bridgehead atoms. The predicted molar refractivity (Wildman–Crippen MR) is 125 cm³/mol. The molecule has 1 aliphatic rings. The minimum Gasteiger partial charge on any atom is -0.447 e. The Morgan fingerprint density at radius 3 is 2.27 bits per heavy atom. The minimum atomic E-state index is -0.365. The SMILES string of the molecule is O=C(NCc1cn(-c2ccccc2)nc1-c1ccccc1)c1ccc(N2CCOC2=O)cc1. The second-order valence-electron chi connectivity index (χ2n) is 7.64. The summed E-state index contributed by atoms with van der Waals surface area (Å²) < 4.78 is 6.79. The highest BCUT2D eigenvalue weighted by Crippen LogP contribution is 2.24. The zero-order valence-corrected chi connectivity index (χ0v) is 17.8. The summed E-state index contributed by atoms with van der Waals surface area (Å²) in [4.78, 5) is 26.1. The fourth-order valence-electron chi connectivity index (χ4n) is 3.79. The van der Waals surface area contributed by atoms with Crippen molar-refractivity contribution in [1.29, 1.82) is 0 Å². The van der Waals surface area contributed by atoms with E-state index in [0.29, 0.717) is 30.9 Å². The highest BCUT2D eigenvalue weighted by Gasteiger charge is 2.23. The van der Waals surface area contributed by atoms with E-state index in [-0.39, 0.29) is 12.0 Å². The molecular weight excluding hydrogens is 416 g/mol. The quantitative estimate of drug-likeness (QED) is 0.483. The maximum absolute atomic E-state index is 12.8. The van der Waals surface area contributed by atoms with Gasteiger partial charge in [0.2, 0.25) is 0 Å². The van der Waals surface area contributed by atoms with Crippen LogP contribution in [0, 0.1) is 0 Å². The molecule has 7 heteroatoms. The summed E-state index contributed by atoms with van der Waals surface area (Å²) in [6.45, 7) is 1.22. The molecule has 5 rings (SSSR count). The van der Waals surface area contributed by atoms with Gasteiger partial charge in [0.25, 0.3) is 5.91 Å². The van der Waals surface area contributed by atoms with Gasteiger partial charge in [-0.1, -0.05) is 48.5 Å². The number of hydrogen-bond acceptors (Lipinski definition) is 4. The van der Waals surface area contributed by atoms with E-state index in [1.807, 2.05) is 71.5 Å². The van der Waals surface area contributed by atoms with Crippen LogP contribution in [0.1, 0.15) is 15.9 Å². The number of ether oxygens (including phenoxy) is 1. The maximum Gasteiger partial charge on any atom is 0.414 e. The molecule has 7 nitrogen and oxygen atoms in total. The summed E-state index contributed by atoms with van der Waals surface area (Å²) in [5, 5.41) is 7.77. The second-order valence-corrected chi connectivity index (χ2v) is 7.64. The average molecular weight is 438 g/mol. The summed E-state index contributed by atoms with van der Waals surface area (Å²) in [7, 11) is 0. The van der Waals surface area contributed by atoms with Crippen LogP contribution in [0.2, 0.25) is 0 Å². The van der Waals surface area contributed by atoms with Crippen LogP contribution in [-0.4, -0.2) is 34.9 Å². The van der Waals surface area contributed by atoms with Crippen LogP contribution in [0.5, 0.6) is 0 Å². The van der Waals surface area contributed by atoms with Crippen LogP contribution in [-0.2, 0) is 11.3 Å². The van der Waals surface area contributed by atoms with Gasteiger partial charge in [-0.15, -0.1) is 0 Å². The van der Waals surface area contributed by atoms with Crippen molar-refractivity contribution in [2.45, 2.75) is 6.54 Å². The molecule has 2 heterocycles. The lowest BCUT2D eigenvalue weighted by atomic mass is 10.1. The van der Waals surface area contributed by atoms with Crippen molar-refractivity contribution in [3.05, 3.63) is 102 Å². The van der Waals surface area contributed by atoms with Crippen LogP contribution in [0.25, 0.3) is 16.9 Å². The van der Waals surface area contributed by atoms with Crippen LogP contribution in [0.15, 0.2) is 91.1 Å². The number of hydrogen-bond donors (Lipinski definition) is 1. The number of para-hydroxylation sites is 1. The third kappa shape index (κ3) is 4.34. The van der Waals surface area contributed by atoms with Gasteiger partial charge in [0.15, 0.2) is 0 Å². The molecule has 0 spiro atoms. The van der Waals surface area contributed by atoms with Crippen molar-refractivity contribution in [1.82, 2.24) is 15.1 Å². The zero-order valence-electron chi connectivity index (χ0n) is 17.8. The number of cyclic esters (lactones) is 1. The van der Waals surface area contributed by atoms with Gasteiger partial charge >= 0.3 is 6.09 Å². The Kier molecular flexibility index (Phi) is 5.59. The van der Waals surface area contributed by atoms with E-state index in [1.54, 1.807) is 29.2 Å². The van der Waals surface area contributed by atoms with Crippen molar-refractivity contribution in [2.75, 3.05) is 18.1 Å². The highest BCUT2D eigenvalue weighted by atomic mass is 16.6. The molecule has 4 aromatic rings. The number of anilines is 1. The number of carbonyl (C=O) groups excluding carboxylic acids is 2. The van der Waals surface area contributed by atoms with Crippen molar-refractivity contribution in [2.24, 2.45) is 0 Å². The normalized spacial score (nSPS) is 13.1. The molecule has 0 saturated carbocycles. The molecular formula is C26H22N4O3. The zero-order chi connectivity index (χ0) is 22.6. The largest absolute Gasteiger partial charge is 0.447 e. The van der Waals surface area contributed by atoms with E-state index in [1.165, 1.54) is 0 Å². The van der Waals surface area contributed by atoms with Crippen molar-refractivity contribution in [3.63, 3.8) is 0 Å². The molecule has 164 valence electrons. The average Bonchev–Trinajstić information content (AvgIpc) is 3.50. The Labute approximate surface area is 191 Å². The van der Waals surface area contributed by atoms with E-state index in [2.05, 4.69) is 5.32 Å². The van der Waals surface area contributed by atoms with Crippen LogP contribution in [0.3, 0.4) is 0 Å². The lowest BCUT2D eigenvalue weighted by molar-refractivity contribution is 0.0951. The maximum atomic E-state index is 12.8. The number of aromatic nitrogens is 2. The first kappa shape index (κ1) is 20.5. The van der Waals surface area contributed by atoms with Gasteiger partial charge in [-0.2, -0.15) is 5.10 Å². The molecule has 0 unspecified atom stereocenters. The molecule has 1 aromatic heterocycles. The highest BCUT2D eigenvalue weighted by molar-refractivity contribution is 5.95. The molecule has 1 fully saturated rings. The van der Waals surface area contributed by atoms with Gasteiger partial charge in [0, 0.05) is 35.1 Å². The molecule has 2 amide bonds. The summed E-state index contributed by atoms with van der Waals surface area (Å²) in [6.07, 6.45) is 1.58. The van der Waals surface area contributed by atoms with Crippen LogP contribution < -0.4 is 10.2 Å². The minimum absolute atomic E-state index is 0.197.